The van der Waals surface area contributed by atoms with Crippen molar-refractivity contribution < 1.29 is 9.53 Å². The van der Waals surface area contributed by atoms with E-state index >= 15 is 0 Å². The van der Waals surface area contributed by atoms with Crippen LogP contribution in [-0.4, -0.2) is 12.0 Å². The van der Waals surface area contributed by atoms with Crippen molar-refractivity contribution in [2.45, 2.75) is 46.8 Å². The Labute approximate surface area is 138 Å². The number of aryl methyl sites for hydroxylation is 3. The minimum Gasteiger partial charge on any atom is -0.481 e. The Morgan fingerprint density at radius 2 is 1.70 bits per heavy atom. The van der Waals surface area contributed by atoms with Crippen molar-refractivity contribution in [2.24, 2.45) is 0 Å². The van der Waals surface area contributed by atoms with Gasteiger partial charge in [-0.1, -0.05) is 35.9 Å². The second kappa shape index (κ2) is 7.32. The van der Waals surface area contributed by atoms with Gasteiger partial charge in [0.25, 0.3) is 5.91 Å². The molecule has 2 aromatic rings. The number of benzene rings is 2. The second-order valence-corrected chi connectivity index (χ2v) is 6.17. The zero-order valence-electron chi connectivity index (χ0n) is 14.5. The van der Waals surface area contributed by atoms with Gasteiger partial charge in [0.2, 0.25) is 0 Å². The Balaban J connectivity index is 2.00. The van der Waals surface area contributed by atoms with Crippen LogP contribution in [0.1, 0.15) is 42.1 Å². The minimum absolute atomic E-state index is 0.0494. The molecule has 0 heterocycles. The molecule has 3 heteroatoms. The summed E-state index contributed by atoms with van der Waals surface area (Å²) in [7, 11) is 0. The first-order chi connectivity index (χ1) is 10.9. The maximum absolute atomic E-state index is 12.4. The van der Waals surface area contributed by atoms with E-state index in [-0.39, 0.29) is 11.9 Å². The van der Waals surface area contributed by atoms with Gasteiger partial charge in [-0.2, -0.15) is 0 Å². The molecular weight excluding hydrogens is 286 g/mol. The van der Waals surface area contributed by atoms with E-state index in [1.54, 1.807) is 6.92 Å². The summed E-state index contributed by atoms with van der Waals surface area (Å²) in [5.41, 5.74) is 4.65. The number of amides is 1. The zero-order valence-corrected chi connectivity index (χ0v) is 14.5. The maximum atomic E-state index is 12.4. The van der Waals surface area contributed by atoms with E-state index in [2.05, 4.69) is 37.4 Å². The number of ether oxygens (including phenoxy) is 1. The van der Waals surface area contributed by atoms with E-state index in [1.807, 2.05) is 38.1 Å². The Morgan fingerprint density at radius 3 is 2.35 bits per heavy atom. The van der Waals surface area contributed by atoms with E-state index in [1.165, 1.54) is 11.1 Å². The molecule has 0 saturated carbocycles. The van der Waals surface area contributed by atoms with Crippen LogP contribution in [0.3, 0.4) is 0 Å². The summed E-state index contributed by atoms with van der Waals surface area (Å²) in [6, 6.07) is 13.9. The van der Waals surface area contributed by atoms with Crippen molar-refractivity contribution in [3.8, 4) is 5.75 Å². The number of hydrogen-bond donors (Lipinski definition) is 1. The number of rotatable bonds is 5. The van der Waals surface area contributed by atoms with Gasteiger partial charge in [0, 0.05) is 0 Å². The van der Waals surface area contributed by atoms with Crippen molar-refractivity contribution in [1.29, 1.82) is 0 Å². The molecule has 1 amide bonds. The standard InChI is InChI=1S/C20H25NO2/c1-13-7-6-8-18(12-13)23-17(5)20(22)21-16(4)19-10-9-14(2)11-15(19)3/h6-12,16-17H,1-5H3,(H,21,22)/t16-,17-/m1/s1. The second-order valence-electron chi connectivity index (χ2n) is 6.17. The average molecular weight is 311 g/mol. The maximum Gasteiger partial charge on any atom is 0.261 e. The highest BCUT2D eigenvalue weighted by atomic mass is 16.5. The van der Waals surface area contributed by atoms with Crippen LogP contribution in [0.15, 0.2) is 42.5 Å². The monoisotopic (exact) mass is 311 g/mol. The van der Waals surface area contributed by atoms with Crippen molar-refractivity contribution in [1.82, 2.24) is 5.32 Å². The summed E-state index contributed by atoms with van der Waals surface area (Å²) in [5, 5.41) is 3.03. The van der Waals surface area contributed by atoms with Crippen molar-refractivity contribution in [2.75, 3.05) is 0 Å². The molecular formula is C20H25NO2. The van der Waals surface area contributed by atoms with Crippen LogP contribution in [0.25, 0.3) is 0 Å². The molecule has 0 bridgehead atoms. The third kappa shape index (κ3) is 4.59. The number of carbonyl (C=O) groups excluding carboxylic acids is 1. The SMILES string of the molecule is Cc1cccc(O[C@H](C)C(=O)N[C@H](C)c2ccc(C)cc2C)c1. The quantitative estimate of drug-likeness (QED) is 0.896. The van der Waals surface area contributed by atoms with Crippen LogP contribution in [0.5, 0.6) is 5.75 Å². The fourth-order valence-electron chi connectivity index (χ4n) is 2.67. The fraction of sp³-hybridized carbons (Fsp3) is 0.350. The lowest BCUT2D eigenvalue weighted by molar-refractivity contribution is -0.127. The summed E-state index contributed by atoms with van der Waals surface area (Å²) in [4.78, 5) is 12.4. The molecule has 0 aliphatic rings. The van der Waals surface area contributed by atoms with E-state index in [0.29, 0.717) is 5.75 Å². The van der Waals surface area contributed by atoms with Crippen molar-refractivity contribution in [3.63, 3.8) is 0 Å². The Bertz CT molecular complexity index is 694. The highest BCUT2D eigenvalue weighted by molar-refractivity contribution is 5.81. The normalized spacial score (nSPS) is 13.3. The third-order valence-electron chi connectivity index (χ3n) is 3.92. The first kappa shape index (κ1) is 17.1. The average Bonchev–Trinajstić information content (AvgIpc) is 2.46. The molecule has 1 N–H and O–H groups in total. The topological polar surface area (TPSA) is 38.3 Å². The number of hydrogen-bond acceptors (Lipinski definition) is 2. The molecule has 0 spiro atoms. The molecule has 0 radical (unpaired) electrons. The van der Waals surface area contributed by atoms with Crippen LogP contribution in [0.2, 0.25) is 0 Å². The van der Waals surface area contributed by atoms with Crippen molar-refractivity contribution in [3.05, 3.63) is 64.7 Å². The van der Waals surface area contributed by atoms with Crippen LogP contribution in [0, 0.1) is 20.8 Å². The van der Waals surface area contributed by atoms with E-state index < -0.39 is 6.10 Å². The summed E-state index contributed by atoms with van der Waals surface area (Å²) < 4.78 is 5.73. The van der Waals surface area contributed by atoms with Crippen LogP contribution >= 0.6 is 0 Å². The molecule has 0 fully saturated rings. The van der Waals surface area contributed by atoms with E-state index in [0.717, 1.165) is 11.1 Å². The molecule has 2 atom stereocenters. The molecule has 23 heavy (non-hydrogen) atoms. The third-order valence-corrected chi connectivity index (χ3v) is 3.92. The van der Waals surface area contributed by atoms with Crippen LogP contribution in [-0.2, 0) is 4.79 Å². The summed E-state index contributed by atoms with van der Waals surface area (Å²) in [6.07, 6.45) is -0.537. The van der Waals surface area contributed by atoms with Gasteiger partial charge in [-0.05, 0) is 63.4 Å². The highest BCUT2D eigenvalue weighted by Crippen LogP contribution is 2.19. The molecule has 3 nitrogen and oxygen atoms in total. The Morgan fingerprint density at radius 1 is 1.00 bits per heavy atom. The van der Waals surface area contributed by atoms with Crippen LogP contribution in [0.4, 0.5) is 0 Å². The smallest absolute Gasteiger partial charge is 0.261 e. The highest BCUT2D eigenvalue weighted by Gasteiger charge is 2.18. The van der Waals surface area contributed by atoms with Crippen molar-refractivity contribution >= 4 is 5.91 Å². The van der Waals surface area contributed by atoms with Gasteiger partial charge in [-0.3, -0.25) is 4.79 Å². The number of nitrogens with one attached hydrogen (secondary N) is 1. The molecule has 2 aromatic carbocycles. The lowest BCUT2D eigenvalue weighted by atomic mass is 10.0. The summed E-state index contributed by atoms with van der Waals surface area (Å²) in [6.45, 7) is 9.90. The molecule has 0 aromatic heterocycles. The lowest BCUT2D eigenvalue weighted by Crippen LogP contribution is -2.38. The summed E-state index contributed by atoms with van der Waals surface area (Å²) in [5.74, 6) is 0.603. The molecule has 122 valence electrons. The first-order valence-corrected chi connectivity index (χ1v) is 7.97. The zero-order chi connectivity index (χ0) is 17.0. The summed E-state index contributed by atoms with van der Waals surface area (Å²) >= 11 is 0. The lowest BCUT2D eigenvalue weighted by Gasteiger charge is -2.20. The van der Waals surface area contributed by atoms with Gasteiger partial charge in [0.1, 0.15) is 5.75 Å². The molecule has 2 rings (SSSR count). The Hall–Kier alpha value is -2.29. The fourth-order valence-corrected chi connectivity index (χ4v) is 2.67. The van der Waals surface area contributed by atoms with Gasteiger partial charge in [-0.15, -0.1) is 0 Å². The largest absolute Gasteiger partial charge is 0.481 e. The van der Waals surface area contributed by atoms with Crippen LogP contribution < -0.4 is 10.1 Å². The molecule has 0 aliphatic carbocycles. The van der Waals surface area contributed by atoms with E-state index in [9.17, 15) is 4.79 Å². The minimum atomic E-state index is -0.537. The first-order valence-electron chi connectivity index (χ1n) is 7.97. The predicted molar refractivity (Wildman–Crippen MR) is 93.7 cm³/mol. The van der Waals surface area contributed by atoms with Gasteiger partial charge in [0.05, 0.1) is 6.04 Å². The Kier molecular flexibility index (Phi) is 5.43. The van der Waals surface area contributed by atoms with Gasteiger partial charge < -0.3 is 10.1 Å². The van der Waals surface area contributed by atoms with E-state index in [4.69, 9.17) is 4.74 Å². The van der Waals surface area contributed by atoms with Gasteiger partial charge in [0.15, 0.2) is 6.10 Å². The van der Waals surface area contributed by atoms with Gasteiger partial charge >= 0.3 is 0 Å². The molecule has 0 unspecified atom stereocenters. The van der Waals surface area contributed by atoms with Gasteiger partial charge in [-0.25, -0.2) is 0 Å². The predicted octanol–water partition coefficient (Wildman–Crippen LogP) is 4.26. The number of carbonyl (C=O) groups is 1. The molecule has 0 saturated heterocycles. The molecule has 0 aliphatic heterocycles.